The van der Waals surface area contributed by atoms with Gasteiger partial charge in [0.2, 0.25) is 10.0 Å². The Kier molecular flexibility index (Phi) is 4.04. The highest BCUT2D eigenvalue weighted by Crippen LogP contribution is 2.16. The normalized spacial score (nSPS) is 11.7. The third-order valence-corrected chi connectivity index (χ3v) is 4.17. The first-order valence-electron chi connectivity index (χ1n) is 5.76. The maximum absolute atomic E-state index is 12.1. The number of furan rings is 1. The molecule has 0 aliphatic heterocycles. The van der Waals surface area contributed by atoms with Crippen LogP contribution in [0.15, 0.2) is 45.7 Å². The second-order valence-corrected chi connectivity index (χ2v) is 5.84. The van der Waals surface area contributed by atoms with Crippen LogP contribution in [0.3, 0.4) is 0 Å². The number of sulfonamides is 1. The zero-order valence-corrected chi connectivity index (χ0v) is 11.3. The number of hydrogen-bond acceptors (Lipinski definition) is 4. The maximum Gasteiger partial charge on any atom is 0.241 e. The molecule has 0 bridgehead atoms. The molecule has 1 aromatic carbocycles. The van der Waals surface area contributed by atoms with Crippen molar-refractivity contribution in [1.82, 2.24) is 4.72 Å². The predicted octanol–water partition coefficient (Wildman–Crippen LogP) is 1.56. The van der Waals surface area contributed by atoms with E-state index in [-0.39, 0.29) is 18.0 Å². The van der Waals surface area contributed by atoms with E-state index in [4.69, 9.17) is 9.52 Å². The van der Waals surface area contributed by atoms with E-state index >= 15 is 0 Å². The van der Waals surface area contributed by atoms with Gasteiger partial charge in [0.1, 0.15) is 11.5 Å². The molecular weight excluding hydrogens is 266 g/mol. The first-order chi connectivity index (χ1) is 9.03. The maximum atomic E-state index is 12.1. The van der Waals surface area contributed by atoms with Gasteiger partial charge >= 0.3 is 0 Å². The van der Waals surface area contributed by atoms with Crippen molar-refractivity contribution in [1.29, 1.82) is 0 Å². The van der Waals surface area contributed by atoms with Gasteiger partial charge in [0.05, 0.1) is 18.0 Å². The number of aryl methyl sites for hydroxylation is 1. The molecular formula is C13H15NO4S. The van der Waals surface area contributed by atoms with Crippen LogP contribution in [-0.4, -0.2) is 13.5 Å². The number of rotatable bonds is 5. The highest BCUT2D eigenvalue weighted by molar-refractivity contribution is 7.89. The molecule has 0 atom stereocenters. The van der Waals surface area contributed by atoms with Crippen molar-refractivity contribution >= 4 is 10.0 Å². The topological polar surface area (TPSA) is 79.5 Å². The van der Waals surface area contributed by atoms with E-state index < -0.39 is 10.0 Å². The molecule has 5 nitrogen and oxygen atoms in total. The molecule has 0 aliphatic rings. The zero-order valence-electron chi connectivity index (χ0n) is 10.5. The Morgan fingerprint density at radius 3 is 2.58 bits per heavy atom. The predicted molar refractivity (Wildman–Crippen MR) is 69.8 cm³/mol. The SMILES string of the molecule is Cc1ccc(CNS(=O)(=O)c2ccccc2CO)o1. The van der Waals surface area contributed by atoms with Gasteiger partial charge in [-0.15, -0.1) is 0 Å². The molecule has 2 rings (SSSR count). The van der Waals surface area contributed by atoms with Gasteiger partial charge in [-0.3, -0.25) is 0 Å². The lowest BCUT2D eigenvalue weighted by molar-refractivity contribution is 0.278. The van der Waals surface area contributed by atoms with E-state index in [1.807, 2.05) is 0 Å². The molecule has 102 valence electrons. The van der Waals surface area contributed by atoms with E-state index in [1.165, 1.54) is 6.07 Å². The Labute approximate surface area is 111 Å². The number of nitrogens with one attached hydrogen (secondary N) is 1. The summed E-state index contributed by atoms with van der Waals surface area (Å²) in [6.45, 7) is 1.55. The van der Waals surface area contributed by atoms with Crippen molar-refractivity contribution in [3.05, 3.63) is 53.5 Å². The fraction of sp³-hybridized carbons (Fsp3) is 0.231. The number of aliphatic hydroxyl groups excluding tert-OH is 1. The monoisotopic (exact) mass is 281 g/mol. The van der Waals surface area contributed by atoms with Crippen molar-refractivity contribution < 1.29 is 17.9 Å². The average molecular weight is 281 g/mol. The summed E-state index contributed by atoms with van der Waals surface area (Å²) in [7, 11) is -3.66. The van der Waals surface area contributed by atoms with Gasteiger partial charge in [0, 0.05) is 0 Å². The lowest BCUT2D eigenvalue weighted by Crippen LogP contribution is -2.24. The largest absolute Gasteiger partial charge is 0.465 e. The molecule has 0 aliphatic carbocycles. The van der Waals surface area contributed by atoms with Crippen molar-refractivity contribution in [2.24, 2.45) is 0 Å². The molecule has 0 spiro atoms. The molecule has 0 radical (unpaired) electrons. The van der Waals surface area contributed by atoms with Crippen LogP contribution in [0.1, 0.15) is 17.1 Å². The van der Waals surface area contributed by atoms with Gasteiger partial charge in [-0.05, 0) is 30.7 Å². The lowest BCUT2D eigenvalue weighted by Gasteiger charge is -2.09. The molecule has 0 unspecified atom stereocenters. The highest BCUT2D eigenvalue weighted by Gasteiger charge is 2.17. The summed E-state index contributed by atoms with van der Waals surface area (Å²) in [6, 6.07) is 9.82. The fourth-order valence-electron chi connectivity index (χ4n) is 1.72. The van der Waals surface area contributed by atoms with Crippen molar-refractivity contribution in [3.63, 3.8) is 0 Å². The van der Waals surface area contributed by atoms with Crippen LogP contribution in [0.5, 0.6) is 0 Å². The Morgan fingerprint density at radius 1 is 1.21 bits per heavy atom. The van der Waals surface area contributed by atoms with Crippen LogP contribution >= 0.6 is 0 Å². The molecule has 0 fully saturated rings. The van der Waals surface area contributed by atoms with Gasteiger partial charge in [0.25, 0.3) is 0 Å². The Hall–Kier alpha value is -1.63. The van der Waals surface area contributed by atoms with E-state index in [1.54, 1.807) is 37.3 Å². The number of aliphatic hydroxyl groups is 1. The summed E-state index contributed by atoms with van der Waals surface area (Å²) in [5, 5.41) is 9.16. The number of hydrogen-bond donors (Lipinski definition) is 2. The van der Waals surface area contributed by atoms with Crippen molar-refractivity contribution in [3.8, 4) is 0 Å². The second-order valence-electron chi connectivity index (χ2n) is 4.10. The summed E-state index contributed by atoms with van der Waals surface area (Å²) in [6.07, 6.45) is 0. The van der Waals surface area contributed by atoms with E-state index in [2.05, 4.69) is 4.72 Å². The minimum Gasteiger partial charge on any atom is -0.465 e. The summed E-state index contributed by atoms with van der Waals surface area (Å²) in [5.41, 5.74) is 0.366. The number of benzene rings is 1. The first kappa shape index (κ1) is 13.8. The highest BCUT2D eigenvalue weighted by atomic mass is 32.2. The Balaban J connectivity index is 2.18. The van der Waals surface area contributed by atoms with Crippen LogP contribution in [0, 0.1) is 6.92 Å². The summed E-state index contributed by atoms with van der Waals surface area (Å²) in [4.78, 5) is 0.0841. The minimum absolute atomic E-state index is 0.0793. The van der Waals surface area contributed by atoms with E-state index in [9.17, 15) is 8.42 Å². The molecule has 6 heteroatoms. The molecule has 1 aromatic heterocycles. The molecule has 2 N–H and O–H groups in total. The van der Waals surface area contributed by atoms with Crippen LogP contribution in [0.4, 0.5) is 0 Å². The third-order valence-electron chi connectivity index (χ3n) is 2.66. The molecule has 0 saturated carbocycles. The summed E-state index contributed by atoms with van der Waals surface area (Å²) >= 11 is 0. The lowest BCUT2D eigenvalue weighted by atomic mass is 10.2. The molecule has 0 amide bonds. The van der Waals surface area contributed by atoms with Gasteiger partial charge in [-0.2, -0.15) is 0 Å². The van der Waals surface area contributed by atoms with Gasteiger partial charge in [-0.25, -0.2) is 13.1 Å². The van der Waals surface area contributed by atoms with Crippen LogP contribution in [0.2, 0.25) is 0 Å². The zero-order chi connectivity index (χ0) is 13.9. The average Bonchev–Trinajstić information content (AvgIpc) is 2.82. The molecule has 0 saturated heterocycles. The second kappa shape index (κ2) is 5.56. The van der Waals surface area contributed by atoms with Gasteiger partial charge in [0.15, 0.2) is 0 Å². The standard InChI is InChI=1S/C13H15NO4S/c1-10-6-7-12(18-10)8-14-19(16,17)13-5-3-2-4-11(13)9-15/h2-7,14-15H,8-9H2,1H3. The smallest absolute Gasteiger partial charge is 0.241 e. The van der Waals surface area contributed by atoms with Crippen molar-refractivity contribution in [2.45, 2.75) is 25.0 Å². The first-order valence-corrected chi connectivity index (χ1v) is 7.25. The fourth-order valence-corrected chi connectivity index (χ4v) is 2.94. The van der Waals surface area contributed by atoms with E-state index in [0.29, 0.717) is 11.3 Å². The quantitative estimate of drug-likeness (QED) is 0.871. The van der Waals surface area contributed by atoms with Crippen LogP contribution in [-0.2, 0) is 23.2 Å². The van der Waals surface area contributed by atoms with Crippen LogP contribution in [0.25, 0.3) is 0 Å². The van der Waals surface area contributed by atoms with E-state index in [0.717, 1.165) is 5.76 Å². The molecule has 2 aromatic rings. The van der Waals surface area contributed by atoms with Gasteiger partial charge < -0.3 is 9.52 Å². The Bertz CT molecular complexity index is 661. The van der Waals surface area contributed by atoms with Gasteiger partial charge in [-0.1, -0.05) is 18.2 Å². The Morgan fingerprint density at radius 2 is 1.95 bits per heavy atom. The van der Waals surface area contributed by atoms with Crippen LogP contribution < -0.4 is 4.72 Å². The third kappa shape index (κ3) is 3.23. The molecule has 19 heavy (non-hydrogen) atoms. The minimum atomic E-state index is -3.66. The van der Waals surface area contributed by atoms with Crippen molar-refractivity contribution in [2.75, 3.05) is 0 Å². The molecule has 1 heterocycles. The summed E-state index contributed by atoms with van der Waals surface area (Å²) < 4.78 is 32.0. The summed E-state index contributed by atoms with van der Waals surface area (Å²) in [5.74, 6) is 1.27.